The van der Waals surface area contributed by atoms with E-state index < -0.39 is 0 Å². The Hall–Kier alpha value is -1.32. The molecule has 0 saturated heterocycles. The van der Waals surface area contributed by atoms with Crippen molar-refractivity contribution >= 4 is 5.91 Å². The number of hydrogen-bond donors (Lipinski definition) is 1. The zero-order chi connectivity index (χ0) is 11.4. The van der Waals surface area contributed by atoms with Gasteiger partial charge in [-0.2, -0.15) is 5.10 Å². The van der Waals surface area contributed by atoms with Gasteiger partial charge in [0.2, 0.25) is 5.91 Å². The SMILES string of the molecule is CC.CC(=O)N1CCc2n[nH]c(C)c2C1. The number of aromatic nitrogens is 2. The van der Waals surface area contributed by atoms with E-state index in [9.17, 15) is 4.79 Å². The smallest absolute Gasteiger partial charge is 0.219 e. The maximum Gasteiger partial charge on any atom is 0.219 e. The number of amides is 1. The molecule has 1 aliphatic heterocycles. The van der Waals surface area contributed by atoms with Gasteiger partial charge in [0.05, 0.1) is 5.69 Å². The van der Waals surface area contributed by atoms with Crippen LogP contribution in [0.2, 0.25) is 0 Å². The van der Waals surface area contributed by atoms with Crippen LogP contribution in [0.1, 0.15) is 37.7 Å². The van der Waals surface area contributed by atoms with Crippen LogP contribution >= 0.6 is 0 Å². The van der Waals surface area contributed by atoms with Crippen molar-refractivity contribution in [3.8, 4) is 0 Å². The molecule has 0 unspecified atom stereocenters. The van der Waals surface area contributed by atoms with Crippen molar-refractivity contribution in [3.63, 3.8) is 0 Å². The first-order chi connectivity index (χ1) is 7.18. The molecule has 0 aromatic carbocycles. The maximum absolute atomic E-state index is 11.1. The Balaban J connectivity index is 0.000000531. The van der Waals surface area contributed by atoms with Gasteiger partial charge in [-0.15, -0.1) is 0 Å². The minimum absolute atomic E-state index is 0.145. The molecule has 0 bridgehead atoms. The monoisotopic (exact) mass is 209 g/mol. The highest BCUT2D eigenvalue weighted by atomic mass is 16.2. The molecule has 1 aromatic rings. The summed E-state index contributed by atoms with van der Waals surface area (Å²) in [6.07, 6.45) is 0.874. The van der Waals surface area contributed by atoms with E-state index in [0.717, 1.165) is 24.4 Å². The third-order valence-corrected chi connectivity index (χ3v) is 2.57. The predicted octanol–water partition coefficient (Wildman–Crippen LogP) is 1.65. The van der Waals surface area contributed by atoms with E-state index in [-0.39, 0.29) is 5.91 Å². The first kappa shape index (κ1) is 11.8. The highest BCUT2D eigenvalue weighted by molar-refractivity contribution is 5.73. The van der Waals surface area contributed by atoms with Crippen LogP contribution < -0.4 is 0 Å². The van der Waals surface area contributed by atoms with Crippen LogP contribution in [0.3, 0.4) is 0 Å². The number of aryl methyl sites for hydroxylation is 1. The maximum atomic E-state index is 11.1. The van der Waals surface area contributed by atoms with Gasteiger partial charge >= 0.3 is 0 Å². The van der Waals surface area contributed by atoms with E-state index in [1.54, 1.807) is 6.92 Å². The second-order valence-electron chi connectivity index (χ2n) is 3.46. The number of rotatable bonds is 0. The number of nitrogens with one attached hydrogen (secondary N) is 1. The van der Waals surface area contributed by atoms with Crippen LogP contribution in [-0.4, -0.2) is 27.5 Å². The molecule has 0 saturated carbocycles. The van der Waals surface area contributed by atoms with E-state index in [4.69, 9.17) is 0 Å². The number of fused-ring (bicyclic) bond motifs is 1. The molecule has 0 aliphatic carbocycles. The van der Waals surface area contributed by atoms with E-state index >= 15 is 0 Å². The fraction of sp³-hybridized carbons (Fsp3) is 0.636. The van der Waals surface area contributed by atoms with E-state index in [1.807, 2.05) is 25.7 Å². The normalized spacial score (nSPS) is 14.0. The quantitative estimate of drug-likeness (QED) is 0.706. The van der Waals surface area contributed by atoms with Gasteiger partial charge in [-0.25, -0.2) is 0 Å². The second-order valence-corrected chi connectivity index (χ2v) is 3.46. The minimum Gasteiger partial charge on any atom is -0.338 e. The summed E-state index contributed by atoms with van der Waals surface area (Å²) in [5.41, 5.74) is 3.40. The predicted molar refractivity (Wildman–Crippen MR) is 59.5 cm³/mol. The molecule has 1 aromatic heterocycles. The first-order valence-electron chi connectivity index (χ1n) is 5.46. The second kappa shape index (κ2) is 4.96. The summed E-state index contributed by atoms with van der Waals surface area (Å²) in [4.78, 5) is 13.0. The van der Waals surface area contributed by atoms with Crippen LogP contribution in [0.5, 0.6) is 0 Å². The Morgan fingerprint density at radius 2 is 2.13 bits per heavy atom. The molecule has 2 rings (SSSR count). The number of nitrogens with zero attached hydrogens (tertiary/aromatic N) is 2. The van der Waals surface area contributed by atoms with Gasteiger partial charge in [0, 0.05) is 37.7 Å². The summed E-state index contributed by atoms with van der Waals surface area (Å²) >= 11 is 0. The fourth-order valence-electron chi connectivity index (χ4n) is 1.70. The van der Waals surface area contributed by atoms with Gasteiger partial charge in [0.1, 0.15) is 0 Å². The van der Waals surface area contributed by atoms with Crippen molar-refractivity contribution in [2.45, 2.75) is 40.7 Å². The van der Waals surface area contributed by atoms with Gasteiger partial charge < -0.3 is 4.90 Å². The Morgan fingerprint density at radius 3 is 2.73 bits per heavy atom. The number of H-pyrrole nitrogens is 1. The highest BCUT2D eigenvalue weighted by Gasteiger charge is 2.21. The van der Waals surface area contributed by atoms with E-state index in [0.29, 0.717) is 6.54 Å². The molecule has 1 amide bonds. The molecule has 2 heterocycles. The Labute approximate surface area is 90.7 Å². The highest BCUT2D eigenvalue weighted by Crippen LogP contribution is 2.19. The van der Waals surface area contributed by atoms with Crippen molar-refractivity contribution < 1.29 is 4.79 Å². The van der Waals surface area contributed by atoms with Crippen molar-refractivity contribution in [2.24, 2.45) is 0 Å². The third-order valence-electron chi connectivity index (χ3n) is 2.57. The Bertz CT molecular complexity index is 344. The van der Waals surface area contributed by atoms with Crippen LogP contribution in [0, 0.1) is 6.92 Å². The zero-order valence-corrected chi connectivity index (χ0v) is 9.92. The lowest BCUT2D eigenvalue weighted by molar-refractivity contribution is -0.129. The van der Waals surface area contributed by atoms with Crippen molar-refractivity contribution in [2.75, 3.05) is 6.54 Å². The van der Waals surface area contributed by atoms with E-state index in [1.165, 1.54) is 5.56 Å². The van der Waals surface area contributed by atoms with Crippen LogP contribution in [0.4, 0.5) is 0 Å². The summed E-state index contributed by atoms with van der Waals surface area (Å²) in [7, 11) is 0. The number of carbonyl (C=O) groups is 1. The summed E-state index contributed by atoms with van der Waals surface area (Å²) in [6, 6.07) is 0. The third kappa shape index (κ3) is 2.37. The van der Waals surface area contributed by atoms with Crippen molar-refractivity contribution in [1.29, 1.82) is 0 Å². The van der Waals surface area contributed by atoms with Gasteiger partial charge in [-0.05, 0) is 6.92 Å². The lowest BCUT2D eigenvalue weighted by atomic mass is 10.1. The number of aromatic amines is 1. The lowest BCUT2D eigenvalue weighted by Crippen LogP contribution is -2.34. The largest absolute Gasteiger partial charge is 0.338 e. The van der Waals surface area contributed by atoms with Crippen LogP contribution in [0.25, 0.3) is 0 Å². The van der Waals surface area contributed by atoms with Gasteiger partial charge in [-0.3, -0.25) is 9.89 Å². The standard InChI is InChI=1S/C9H13N3O.C2H6/c1-6-8-5-12(7(2)13)4-3-9(8)11-10-6;1-2/h3-5H2,1-2H3,(H,10,11);1-2H3. The topological polar surface area (TPSA) is 49.0 Å². The van der Waals surface area contributed by atoms with Gasteiger partial charge in [-0.1, -0.05) is 13.8 Å². The molecule has 4 heteroatoms. The minimum atomic E-state index is 0.145. The molecule has 0 fully saturated rings. The van der Waals surface area contributed by atoms with Crippen LogP contribution in [-0.2, 0) is 17.8 Å². The number of carbonyl (C=O) groups excluding carboxylic acids is 1. The molecule has 1 N–H and O–H groups in total. The zero-order valence-electron chi connectivity index (χ0n) is 9.92. The lowest BCUT2D eigenvalue weighted by Gasteiger charge is -2.25. The molecular weight excluding hydrogens is 190 g/mol. The average molecular weight is 209 g/mol. The molecule has 4 nitrogen and oxygen atoms in total. The van der Waals surface area contributed by atoms with E-state index in [2.05, 4.69) is 10.2 Å². The van der Waals surface area contributed by atoms with Crippen molar-refractivity contribution in [1.82, 2.24) is 15.1 Å². The summed E-state index contributed by atoms with van der Waals surface area (Å²) in [5.74, 6) is 0.145. The van der Waals surface area contributed by atoms with Gasteiger partial charge in [0.15, 0.2) is 0 Å². The molecule has 0 atom stereocenters. The molecule has 0 spiro atoms. The molecule has 1 aliphatic rings. The van der Waals surface area contributed by atoms with Gasteiger partial charge in [0.25, 0.3) is 0 Å². The molecular formula is C11H19N3O. The molecule has 0 radical (unpaired) electrons. The molecule has 84 valence electrons. The summed E-state index contributed by atoms with van der Waals surface area (Å²) in [6.45, 7) is 9.12. The Kier molecular flexibility index (Phi) is 3.88. The number of hydrogen-bond acceptors (Lipinski definition) is 2. The fourth-order valence-corrected chi connectivity index (χ4v) is 1.70. The Morgan fingerprint density at radius 1 is 1.47 bits per heavy atom. The van der Waals surface area contributed by atoms with Crippen molar-refractivity contribution in [3.05, 3.63) is 17.0 Å². The average Bonchev–Trinajstić information content (AvgIpc) is 2.63. The summed E-state index contributed by atoms with van der Waals surface area (Å²) < 4.78 is 0. The summed E-state index contributed by atoms with van der Waals surface area (Å²) in [5, 5.41) is 7.14. The van der Waals surface area contributed by atoms with Crippen LogP contribution in [0.15, 0.2) is 0 Å². The molecule has 15 heavy (non-hydrogen) atoms. The first-order valence-corrected chi connectivity index (χ1v) is 5.46.